The zero-order valence-corrected chi connectivity index (χ0v) is 14.4. The van der Waals surface area contributed by atoms with E-state index in [-0.39, 0.29) is 15.6 Å². The molecular formula is C13H14Cl2F3NO3S. The maximum absolute atomic E-state index is 13.1. The van der Waals surface area contributed by atoms with Gasteiger partial charge in [-0.05, 0) is 23.8 Å². The molecule has 0 aromatic heterocycles. The Hall–Kier alpha value is -0.800. The molecule has 0 aliphatic heterocycles. The summed E-state index contributed by atoms with van der Waals surface area (Å²) in [6.07, 6.45) is -3.86. The van der Waals surface area contributed by atoms with Crippen molar-refractivity contribution in [1.82, 2.24) is 4.31 Å². The van der Waals surface area contributed by atoms with Crippen molar-refractivity contribution in [3.05, 3.63) is 39.9 Å². The Labute approximate surface area is 142 Å². The molecule has 1 atom stereocenters. The van der Waals surface area contributed by atoms with Crippen molar-refractivity contribution >= 4 is 39.3 Å². The first kappa shape index (κ1) is 20.2. The number of hydrogen-bond acceptors (Lipinski definition) is 3. The Kier molecular flexibility index (Phi) is 6.15. The van der Waals surface area contributed by atoms with Crippen LogP contribution >= 0.6 is 23.2 Å². The van der Waals surface area contributed by atoms with Gasteiger partial charge in [0.25, 0.3) is 0 Å². The molecule has 1 rings (SSSR count). The van der Waals surface area contributed by atoms with Gasteiger partial charge in [0.1, 0.15) is 5.75 Å². The van der Waals surface area contributed by atoms with Gasteiger partial charge in [0, 0.05) is 14.1 Å². The summed E-state index contributed by atoms with van der Waals surface area (Å²) in [5.74, 6) is -1.53. The molecule has 0 saturated carbocycles. The standard InChI is InChI=1S/C13H14Cl2F3NO3S/c1-19(2)23(21,22)8-12(20,13(16,17)18)6-5-9-3-4-10(14)11(15)7-9/h3-7,20H,8H2,1-2H3/b6-5+. The van der Waals surface area contributed by atoms with E-state index in [1.807, 2.05) is 0 Å². The van der Waals surface area contributed by atoms with E-state index in [1.165, 1.54) is 18.2 Å². The lowest BCUT2D eigenvalue weighted by Crippen LogP contribution is -2.50. The quantitative estimate of drug-likeness (QED) is 0.838. The Bertz CT molecular complexity index is 705. The summed E-state index contributed by atoms with van der Waals surface area (Å²) in [5.41, 5.74) is -3.31. The highest BCUT2D eigenvalue weighted by atomic mass is 35.5. The molecule has 0 aliphatic rings. The smallest absolute Gasteiger partial charge is 0.376 e. The maximum atomic E-state index is 13.1. The van der Waals surface area contributed by atoms with Gasteiger partial charge in [-0.15, -0.1) is 0 Å². The van der Waals surface area contributed by atoms with E-state index >= 15 is 0 Å². The lowest BCUT2D eigenvalue weighted by molar-refractivity contribution is -0.230. The molecule has 0 saturated heterocycles. The van der Waals surface area contributed by atoms with E-state index in [0.29, 0.717) is 10.4 Å². The fraction of sp³-hybridized carbons (Fsp3) is 0.385. The second-order valence-electron chi connectivity index (χ2n) is 4.97. The Balaban J connectivity index is 3.22. The first-order chi connectivity index (χ1) is 10.3. The summed E-state index contributed by atoms with van der Waals surface area (Å²) in [6.45, 7) is 0. The van der Waals surface area contributed by atoms with Crippen LogP contribution in [0.5, 0.6) is 0 Å². The third-order valence-electron chi connectivity index (χ3n) is 2.94. The van der Waals surface area contributed by atoms with E-state index < -0.39 is 27.6 Å². The molecule has 0 radical (unpaired) electrons. The minimum atomic E-state index is -5.18. The van der Waals surface area contributed by atoms with E-state index in [0.717, 1.165) is 20.2 Å². The molecule has 0 aliphatic carbocycles. The Morgan fingerprint density at radius 3 is 2.22 bits per heavy atom. The highest BCUT2D eigenvalue weighted by molar-refractivity contribution is 7.89. The predicted molar refractivity (Wildman–Crippen MR) is 84.0 cm³/mol. The van der Waals surface area contributed by atoms with Crippen molar-refractivity contribution in [3.8, 4) is 0 Å². The maximum Gasteiger partial charge on any atom is 0.421 e. The van der Waals surface area contributed by atoms with Crippen LogP contribution in [0.1, 0.15) is 5.56 Å². The largest absolute Gasteiger partial charge is 0.421 e. The third kappa shape index (κ3) is 5.09. The van der Waals surface area contributed by atoms with E-state index in [4.69, 9.17) is 23.2 Å². The molecule has 23 heavy (non-hydrogen) atoms. The minimum Gasteiger partial charge on any atom is -0.376 e. The highest BCUT2D eigenvalue weighted by Gasteiger charge is 2.54. The van der Waals surface area contributed by atoms with E-state index in [1.54, 1.807) is 0 Å². The number of alkyl halides is 3. The third-order valence-corrected chi connectivity index (χ3v) is 5.60. The van der Waals surface area contributed by atoms with Crippen LogP contribution < -0.4 is 0 Å². The van der Waals surface area contributed by atoms with Crippen LogP contribution in [0.4, 0.5) is 13.2 Å². The monoisotopic (exact) mass is 391 g/mol. The second-order valence-corrected chi connectivity index (χ2v) is 7.96. The normalized spacial score (nSPS) is 16.0. The van der Waals surface area contributed by atoms with Crippen LogP contribution in [0.2, 0.25) is 10.0 Å². The fourth-order valence-electron chi connectivity index (χ4n) is 1.48. The molecule has 0 amide bonds. The first-order valence-electron chi connectivity index (χ1n) is 6.12. The number of benzene rings is 1. The van der Waals surface area contributed by atoms with Crippen molar-refractivity contribution in [2.75, 3.05) is 19.8 Å². The molecule has 1 aromatic carbocycles. The van der Waals surface area contributed by atoms with E-state index in [2.05, 4.69) is 0 Å². The molecule has 0 bridgehead atoms. The molecule has 0 fully saturated rings. The lowest BCUT2D eigenvalue weighted by Gasteiger charge is -2.28. The molecule has 4 nitrogen and oxygen atoms in total. The van der Waals surface area contributed by atoms with Gasteiger partial charge >= 0.3 is 6.18 Å². The summed E-state index contributed by atoms with van der Waals surface area (Å²) in [7, 11) is -2.14. The van der Waals surface area contributed by atoms with Crippen LogP contribution in [-0.4, -0.2) is 49.5 Å². The zero-order chi connectivity index (χ0) is 18.1. The minimum absolute atomic E-state index is 0.116. The number of rotatable bonds is 5. The topological polar surface area (TPSA) is 57.6 Å². The average molecular weight is 392 g/mol. The number of halogens is 5. The number of nitrogens with zero attached hydrogens (tertiary/aromatic N) is 1. The lowest BCUT2D eigenvalue weighted by atomic mass is 10.0. The zero-order valence-electron chi connectivity index (χ0n) is 12.1. The van der Waals surface area contributed by atoms with Gasteiger partial charge in [0.05, 0.1) is 10.0 Å². The van der Waals surface area contributed by atoms with Crippen LogP contribution in [0.15, 0.2) is 24.3 Å². The van der Waals surface area contributed by atoms with Crippen molar-refractivity contribution in [2.45, 2.75) is 11.8 Å². The molecule has 0 spiro atoms. The SMILES string of the molecule is CN(C)S(=O)(=O)CC(O)(/C=C/c1ccc(Cl)c(Cl)c1)C(F)(F)F. The van der Waals surface area contributed by atoms with Gasteiger partial charge in [0.2, 0.25) is 10.0 Å². The summed E-state index contributed by atoms with van der Waals surface area (Å²) in [5, 5.41) is 10.2. The fourth-order valence-corrected chi connectivity index (χ4v) is 2.86. The van der Waals surface area contributed by atoms with Crippen LogP contribution in [0.25, 0.3) is 6.08 Å². The van der Waals surface area contributed by atoms with Crippen molar-refractivity contribution in [1.29, 1.82) is 0 Å². The predicted octanol–water partition coefficient (Wildman–Crippen LogP) is 3.19. The molecular weight excluding hydrogens is 378 g/mol. The average Bonchev–Trinajstić information content (AvgIpc) is 2.38. The first-order valence-corrected chi connectivity index (χ1v) is 8.48. The second kappa shape index (κ2) is 6.98. The molecule has 130 valence electrons. The molecule has 1 N–H and O–H groups in total. The van der Waals surface area contributed by atoms with Crippen LogP contribution in [-0.2, 0) is 10.0 Å². The molecule has 0 heterocycles. The van der Waals surface area contributed by atoms with Gasteiger partial charge in [-0.25, -0.2) is 12.7 Å². The van der Waals surface area contributed by atoms with Crippen LogP contribution in [0.3, 0.4) is 0 Å². The van der Waals surface area contributed by atoms with Crippen LogP contribution in [0, 0.1) is 0 Å². The van der Waals surface area contributed by atoms with Crippen molar-refractivity contribution in [2.24, 2.45) is 0 Å². The number of aliphatic hydroxyl groups is 1. The number of hydrogen-bond donors (Lipinski definition) is 1. The summed E-state index contributed by atoms with van der Waals surface area (Å²) in [6, 6.07) is 4.03. The molecule has 1 aromatic rings. The van der Waals surface area contributed by atoms with Gasteiger partial charge in [0.15, 0.2) is 5.60 Å². The van der Waals surface area contributed by atoms with Gasteiger partial charge < -0.3 is 5.11 Å². The van der Waals surface area contributed by atoms with Gasteiger partial charge in [-0.2, -0.15) is 13.2 Å². The molecule has 1 unspecified atom stereocenters. The summed E-state index contributed by atoms with van der Waals surface area (Å²) in [4.78, 5) is 0. The summed E-state index contributed by atoms with van der Waals surface area (Å²) < 4.78 is 63.3. The highest BCUT2D eigenvalue weighted by Crippen LogP contribution is 2.34. The van der Waals surface area contributed by atoms with Gasteiger partial charge in [-0.3, -0.25) is 0 Å². The summed E-state index contributed by atoms with van der Waals surface area (Å²) >= 11 is 11.4. The Morgan fingerprint density at radius 1 is 1.22 bits per heavy atom. The van der Waals surface area contributed by atoms with Crippen molar-refractivity contribution in [3.63, 3.8) is 0 Å². The number of sulfonamides is 1. The van der Waals surface area contributed by atoms with E-state index in [9.17, 15) is 26.7 Å². The molecule has 10 heteroatoms. The Morgan fingerprint density at radius 2 is 1.78 bits per heavy atom. The van der Waals surface area contributed by atoms with Crippen molar-refractivity contribution < 1.29 is 26.7 Å². The van der Waals surface area contributed by atoms with Gasteiger partial charge in [-0.1, -0.05) is 35.3 Å².